The minimum absolute atomic E-state index is 0.126. The number of carbonyl (C=O) groups is 2. The number of nitrogens with zero attached hydrogens (tertiary/aromatic N) is 3. The molecule has 2 fully saturated rings. The molecule has 0 spiro atoms. The van der Waals surface area contributed by atoms with E-state index in [2.05, 4.69) is 18.7 Å². The lowest BCUT2D eigenvalue weighted by molar-refractivity contribution is -0.117. The summed E-state index contributed by atoms with van der Waals surface area (Å²) in [6.45, 7) is 9.45. The van der Waals surface area contributed by atoms with Crippen LogP contribution in [0.1, 0.15) is 66.2 Å². The van der Waals surface area contributed by atoms with Crippen LogP contribution in [0.5, 0.6) is 0 Å². The Hall–Kier alpha value is -2.22. The van der Waals surface area contributed by atoms with Gasteiger partial charge in [0.25, 0.3) is 0 Å². The summed E-state index contributed by atoms with van der Waals surface area (Å²) in [5, 5.41) is 0. The molecular weight excluding hydrogens is 428 g/mol. The smallest absolute Gasteiger partial charge is 0.410 e. The van der Waals surface area contributed by atoms with Crippen molar-refractivity contribution in [3.63, 3.8) is 0 Å². The first kappa shape index (κ1) is 25.4. The molecule has 8 heteroatoms. The quantitative estimate of drug-likeness (QED) is 0.571. The highest BCUT2D eigenvalue weighted by Gasteiger charge is 2.38. The van der Waals surface area contributed by atoms with E-state index in [9.17, 15) is 18.4 Å². The first-order valence-electron chi connectivity index (χ1n) is 12.2. The molecule has 33 heavy (non-hydrogen) atoms. The minimum Gasteiger partial charge on any atom is -0.450 e. The van der Waals surface area contributed by atoms with Gasteiger partial charge in [-0.25, -0.2) is 13.6 Å². The number of rotatable bonds is 7. The Bertz CT molecular complexity index is 829. The maximum Gasteiger partial charge on any atom is 0.410 e. The zero-order chi connectivity index (χ0) is 24.1. The van der Waals surface area contributed by atoms with Gasteiger partial charge in [-0.05, 0) is 64.5 Å². The fourth-order valence-electron chi connectivity index (χ4n) is 5.53. The van der Waals surface area contributed by atoms with Crippen LogP contribution in [0.4, 0.5) is 19.3 Å². The normalized spacial score (nSPS) is 22.9. The zero-order valence-corrected chi connectivity index (χ0v) is 20.2. The van der Waals surface area contributed by atoms with Gasteiger partial charge in [-0.3, -0.25) is 4.79 Å². The van der Waals surface area contributed by atoms with Crippen LogP contribution in [0, 0.1) is 11.6 Å². The number of ether oxygens (including phenoxy) is 1. The van der Waals surface area contributed by atoms with Gasteiger partial charge in [0.1, 0.15) is 11.6 Å². The minimum atomic E-state index is -0.714. The van der Waals surface area contributed by atoms with E-state index in [4.69, 9.17) is 4.74 Å². The van der Waals surface area contributed by atoms with Crippen molar-refractivity contribution in [1.82, 2.24) is 9.80 Å². The molecule has 2 saturated heterocycles. The van der Waals surface area contributed by atoms with Gasteiger partial charge in [0.05, 0.1) is 12.3 Å². The molecule has 3 rings (SSSR count). The molecule has 2 amide bonds. The monoisotopic (exact) mass is 465 g/mol. The summed E-state index contributed by atoms with van der Waals surface area (Å²) >= 11 is 0. The third kappa shape index (κ3) is 5.83. The molecule has 184 valence electrons. The molecule has 0 radical (unpaired) electrons. The average Bonchev–Trinajstić information content (AvgIpc) is 3.14. The Labute approximate surface area is 195 Å². The number of anilines is 1. The van der Waals surface area contributed by atoms with Gasteiger partial charge in [0.2, 0.25) is 5.91 Å². The SMILES string of the molecule is CCOC(=O)N1C(C)CCC1CC(CC)N1CCC(N(C(C)=O)c2ccc(F)cc2F)CC1. The van der Waals surface area contributed by atoms with Gasteiger partial charge >= 0.3 is 6.09 Å². The van der Waals surface area contributed by atoms with Crippen LogP contribution >= 0.6 is 0 Å². The standard InChI is InChI=1S/C25H37F2N3O3/c1-5-20(16-22-9-7-17(3)29(22)25(32)33-6-2)28-13-11-21(12-14-28)30(18(4)31)24-10-8-19(26)15-23(24)27/h8,10,15,17,20-22H,5-7,9,11-14,16H2,1-4H3. The number of piperidine rings is 1. The molecule has 6 nitrogen and oxygen atoms in total. The van der Waals surface area contributed by atoms with Crippen molar-refractivity contribution in [3.8, 4) is 0 Å². The molecule has 3 atom stereocenters. The molecule has 0 N–H and O–H groups in total. The molecule has 2 aliphatic heterocycles. The molecule has 2 heterocycles. The van der Waals surface area contributed by atoms with E-state index in [1.807, 2.05) is 11.8 Å². The van der Waals surface area contributed by atoms with Gasteiger partial charge in [-0.15, -0.1) is 0 Å². The van der Waals surface area contributed by atoms with Crippen molar-refractivity contribution >= 4 is 17.7 Å². The van der Waals surface area contributed by atoms with E-state index in [1.165, 1.54) is 24.0 Å². The van der Waals surface area contributed by atoms with Crippen LogP contribution < -0.4 is 4.90 Å². The predicted octanol–water partition coefficient (Wildman–Crippen LogP) is 4.96. The molecule has 3 unspecified atom stereocenters. The average molecular weight is 466 g/mol. The molecular formula is C25H37F2N3O3. The number of hydrogen-bond acceptors (Lipinski definition) is 4. The summed E-state index contributed by atoms with van der Waals surface area (Å²) in [5.74, 6) is -1.61. The highest BCUT2D eigenvalue weighted by atomic mass is 19.1. The Kier molecular flexibility index (Phi) is 8.68. The van der Waals surface area contributed by atoms with E-state index < -0.39 is 11.6 Å². The lowest BCUT2D eigenvalue weighted by Gasteiger charge is -2.42. The second-order valence-electron chi connectivity index (χ2n) is 9.24. The number of amides is 2. The Balaban J connectivity index is 1.64. The molecule has 1 aromatic rings. The summed E-state index contributed by atoms with van der Waals surface area (Å²) in [7, 11) is 0. The number of likely N-dealkylation sites (tertiary alicyclic amines) is 2. The Morgan fingerprint density at radius 3 is 2.42 bits per heavy atom. The van der Waals surface area contributed by atoms with Crippen LogP contribution in [0.15, 0.2) is 18.2 Å². The van der Waals surface area contributed by atoms with Crippen molar-refractivity contribution in [2.75, 3.05) is 24.6 Å². The first-order valence-corrected chi connectivity index (χ1v) is 12.2. The summed E-state index contributed by atoms with van der Waals surface area (Å²) < 4.78 is 33.1. The number of hydrogen-bond donors (Lipinski definition) is 0. The van der Waals surface area contributed by atoms with E-state index >= 15 is 0 Å². The first-order chi connectivity index (χ1) is 15.8. The van der Waals surface area contributed by atoms with E-state index in [1.54, 1.807) is 0 Å². The largest absolute Gasteiger partial charge is 0.450 e. The van der Waals surface area contributed by atoms with Gasteiger partial charge < -0.3 is 19.4 Å². The van der Waals surface area contributed by atoms with Crippen molar-refractivity contribution in [1.29, 1.82) is 0 Å². The maximum absolute atomic E-state index is 14.4. The molecule has 0 saturated carbocycles. The molecule has 2 aliphatic rings. The van der Waals surface area contributed by atoms with Gasteiger partial charge in [-0.1, -0.05) is 6.92 Å². The molecule has 1 aromatic carbocycles. The van der Waals surface area contributed by atoms with Crippen LogP contribution in [0.2, 0.25) is 0 Å². The van der Waals surface area contributed by atoms with Gasteiger partial charge in [-0.2, -0.15) is 0 Å². The second kappa shape index (κ2) is 11.3. The van der Waals surface area contributed by atoms with E-state index in [0.717, 1.165) is 57.7 Å². The van der Waals surface area contributed by atoms with Crippen LogP contribution in [-0.4, -0.2) is 65.7 Å². The van der Waals surface area contributed by atoms with E-state index in [0.29, 0.717) is 12.6 Å². The van der Waals surface area contributed by atoms with Crippen molar-refractivity contribution in [2.45, 2.75) is 90.4 Å². The fraction of sp³-hybridized carbons (Fsp3) is 0.680. The third-order valence-corrected chi connectivity index (χ3v) is 7.17. The molecule has 0 aliphatic carbocycles. The highest BCUT2D eigenvalue weighted by Crippen LogP contribution is 2.32. The van der Waals surface area contributed by atoms with Crippen LogP contribution in [0.3, 0.4) is 0 Å². The number of benzene rings is 1. The lowest BCUT2D eigenvalue weighted by atomic mass is 9.96. The van der Waals surface area contributed by atoms with Gasteiger partial charge in [0.15, 0.2) is 0 Å². The Morgan fingerprint density at radius 1 is 1.15 bits per heavy atom. The molecule has 0 aromatic heterocycles. The Morgan fingerprint density at radius 2 is 1.85 bits per heavy atom. The highest BCUT2D eigenvalue weighted by molar-refractivity contribution is 5.92. The summed E-state index contributed by atoms with van der Waals surface area (Å²) in [4.78, 5) is 30.7. The molecule has 0 bridgehead atoms. The van der Waals surface area contributed by atoms with Crippen molar-refractivity contribution < 1.29 is 23.1 Å². The summed E-state index contributed by atoms with van der Waals surface area (Å²) in [5.41, 5.74) is 0.138. The summed E-state index contributed by atoms with van der Waals surface area (Å²) in [6.07, 6.45) is 5.04. The zero-order valence-electron chi connectivity index (χ0n) is 20.2. The van der Waals surface area contributed by atoms with Gasteiger partial charge in [0, 0.05) is 50.2 Å². The summed E-state index contributed by atoms with van der Waals surface area (Å²) in [6, 6.07) is 3.92. The van der Waals surface area contributed by atoms with Crippen molar-refractivity contribution in [2.24, 2.45) is 0 Å². The number of carbonyl (C=O) groups excluding carboxylic acids is 2. The third-order valence-electron chi connectivity index (χ3n) is 7.17. The number of halogens is 2. The fourth-order valence-corrected chi connectivity index (χ4v) is 5.53. The van der Waals surface area contributed by atoms with E-state index in [-0.39, 0.29) is 35.8 Å². The maximum atomic E-state index is 14.4. The topological polar surface area (TPSA) is 53.1 Å². The van der Waals surface area contributed by atoms with Crippen LogP contribution in [-0.2, 0) is 9.53 Å². The second-order valence-corrected chi connectivity index (χ2v) is 9.24. The van der Waals surface area contributed by atoms with Crippen LogP contribution in [0.25, 0.3) is 0 Å². The lowest BCUT2D eigenvalue weighted by Crippen LogP contribution is -2.51. The van der Waals surface area contributed by atoms with Crippen molar-refractivity contribution in [3.05, 3.63) is 29.8 Å². The predicted molar refractivity (Wildman–Crippen MR) is 124 cm³/mol.